The summed E-state index contributed by atoms with van der Waals surface area (Å²) in [5, 5.41) is 23.5. The van der Waals surface area contributed by atoms with Gasteiger partial charge in [0.25, 0.3) is 0 Å². The Balaban J connectivity index is 1.29. The van der Waals surface area contributed by atoms with Crippen LogP contribution in [0.2, 0.25) is 0 Å². The van der Waals surface area contributed by atoms with E-state index in [2.05, 4.69) is 27.1 Å². The summed E-state index contributed by atoms with van der Waals surface area (Å²) in [6.07, 6.45) is 3.34. The minimum atomic E-state index is -0.727. The molecule has 3 heterocycles. The van der Waals surface area contributed by atoms with Gasteiger partial charge in [0.2, 0.25) is 5.91 Å². The van der Waals surface area contributed by atoms with Gasteiger partial charge in [-0.15, -0.1) is 0 Å². The normalized spacial score (nSPS) is 23.5. The number of aliphatic hydroxyl groups is 1. The summed E-state index contributed by atoms with van der Waals surface area (Å²) in [5.74, 6) is -0.753. The van der Waals surface area contributed by atoms with Crippen LogP contribution in [0.1, 0.15) is 60.9 Å². The molecule has 10 heteroatoms. The van der Waals surface area contributed by atoms with Crippen molar-refractivity contribution in [1.29, 1.82) is 0 Å². The highest BCUT2D eigenvalue weighted by atomic mass is 19.1. The Morgan fingerprint density at radius 3 is 2.69 bits per heavy atom. The number of hydrogen-bond acceptors (Lipinski definition) is 8. The van der Waals surface area contributed by atoms with Crippen molar-refractivity contribution in [3.8, 4) is 5.75 Å². The van der Waals surface area contributed by atoms with E-state index >= 15 is 0 Å². The zero-order valence-electron chi connectivity index (χ0n) is 20.6. The topological polar surface area (TPSA) is 111 Å². The molecule has 2 saturated heterocycles. The number of fused-ring (bicyclic) bond motifs is 1. The molecule has 0 radical (unpaired) electrons. The number of benzene rings is 1. The lowest BCUT2D eigenvalue weighted by Crippen LogP contribution is -2.52. The van der Waals surface area contributed by atoms with E-state index in [0.717, 1.165) is 24.2 Å². The summed E-state index contributed by atoms with van der Waals surface area (Å²) in [5.41, 5.74) is 2.26. The van der Waals surface area contributed by atoms with Gasteiger partial charge in [0.1, 0.15) is 12.1 Å². The number of phenols is 1. The Bertz CT molecular complexity index is 1090. The van der Waals surface area contributed by atoms with Crippen molar-refractivity contribution in [1.82, 2.24) is 20.2 Å². The van der Waals surface area contributed by atoms with Crippen molar-refractivity contribution in [3.05, 3.63) is 47.2 Å². The molecule has 0 bridgehead atoms. The SMILES string of the molecule is CC1CC(O)c2ncnc(N3CCN(C(=O)C(CNC4CCOCC4)c4ccc(O)c(F)c4)CC3)c21. The van der Waals surface area contributed by atoms with Crippen LogP contribution in [0, 0.1) is 5.82 Å². The summed E-state index contributed by atoms with van der Waals surface area (Å²) < 4.78 is 19.6. The molecule has 194 valence electrons. The number of piperazine rings is 1. The van der Waals surface area contributed by atoms with Gasteiger partial charge in [0.05, 0.1) is 17.7 Å². The Morgan fingerprint density at radius 1 is 1.22 bits per heavy atom. The Morgan fingerprint density at radius 2 is 1.97 bits per heavy atom. The van der Waals surface area contributed by atoms with Gasteiger partial charge in [0.15, 0.2) is 11.6 Å². The highest BCUT2D eigenvalue weighted by Crippen LogP contribution is 2.42. The van der Waals surface area contributed by atoms with Crippen LogP contribution in [0.4, 0.5) is 10.2 Å². The number of anilines is 1. The van der Waals surface area contributed by atoms with Crippen LogP contribution in [0.5, 0.6) is 5.75 Å². The average molecular weight is 500 g/mol. The molecule has 1 amide bonds. The van der Waals surface area contributed by atoms with Crippen molar-refractivity contribution in [3.63, 3.8) is 0 Å². The number of aromatic nitrogens is 2. The summed E-state index contributed by atoms with van der Waals surface area (Å²) in [4.78, 5) is 26.5. The Kier molecular flexibility index (Phi) is 7.36. The lowest BCUT2D eigenvalue weighted by Gasteiger charge is -2.38. The van der Waals surface area contributed by atoms with E-state index < -0.39 is 23.6 Å². The number of aliphatic hydroxyl groups excluding tert-OH is 1. The molecule has 3 aliphatic rings. The van der Waals surface area contributed by atoms with Gasteiger partial charge < -0.3 is 30.1 Å². The number of rotatable bonds is 6. The quantitative estimate of drug-likeness (QED) is 0.554. The molecule has 2 aliphatic heterocycles. The van der Waals surface area contributed by atoms with Crippen LogP contribution < -0.4 is 10.2 Å². The summed E-state index contributed by atoms with van der Waals surface area (Å²) in [6.45, 7) is 6.11. The molecule has 0 saturated carbocycles. The van der Waals surface area contributed by atoms with E-state index in [0.29, 0.717) is 63.6 Å². The first kappa shape index (κ1) is 24.9. The Hall–Kier alpha value is -2.82. The number of aromatic hydroxyl groups is 1. The van der Waals surface area contributed by atoms with Gasteiger partial charge in [0, 0.05) is 57.5 Å². The van der Waals surface area contributed by atoms with E-state index in [-0.39, 0.29) is 17.9 Å². The smallest absolute Gasteiger partial charge is 0.231 e. The van der Waals surface area contributed by atoms with Crippen molar-refractivity contribution < 1.29 is 24.1 Å². The predicted octanol–water partition coefficient (Wildman–Crippen LogP) is 2.06. The fraction of sp³-hybridized carbons (Fsp3) is 0.577. The van der Waals surface area contributed by atoms with Gasteiger partial charge in [-0.25, -0.2) is 14.4 Å². The van der Waals surface area contributed by atoms with E-state index in [9.17, 15) is 19.4 Å². The molecule has 1 aliphatic carbocycles. The number of carbonyl (C=O) groups excluding carboxylic acids is 1. The van der Waals surface area contributed by atoms with Crippen molar-refractivity contribution in [2.75, 3.05) is 50.8 Å². The Labute approximate surface area is 210 Å². The predicted molar refractivity (Wildman–Crippen MR) is 131 cm³/mol. The standard InChI is InChI=1S/C26H34FN5O4/c1-16-12-22(34)24-23(16)25(30-15-29-24)31-6-8-32(9-7-31)26(35)19(14-28-18-4-10-36-11-5-18)17-2-3-21(33)20(27)13-17/h2-3,13,15-16,18-19,22,28,33-34H,4-12,14H2,1H3. The molecule has 5 rings (SSSR count). The summed E-state index contributed by atoms with van der Waals surface area (Å²) >= 11 is 0. The average Bonchev–Trinajstić information content (AvgIpc) is 3.20. The van der Waals surface area contributed by atoms with Crippen LogP contribution in [0.3, 0.4) is 0 Å². The van der Waals surface area contributed by atoms with Gasteiger partial charge in [-0.3, -0.25) is 4.79 Å². The minimum absolute atomic E-state index is 0.0593. The van der Waals surface area contributed by atoms with Crippen LogP contribution in [-0.2, 0) is 9.53 Å². The van der Waals surface area contributed by atoms with Gasteiger partial charge >= 0.3 is 0 Å². The van der Waals surface area contributed by atoms with Gasteiger partial charge in [-0.2, -0.15) is 0 Å². The number of hydrogen-bond donors (Lipinski definition) is 3. The minimum Gasteiger partial charge on any atom is -0.505 e. The third-order valence-electron chi connectivity index (χ3n) is 7.67. The number of halogens is 1. The molecular weight excluding hydrogens is 465 g/mol. The van der Waals surface area contributed by atoms with Gasteiger partial charge in [-0.1, -0.05) is 13.0 Å². The molecule has 1 aromatic carbocycles. The summed E-state index contributed by atoms with van der Waals surface area (Å²) in [7, 11) is 0. The molecule has 0 spiro atoms. The molecule has 3 unspecified atom stereocenters. The first-order chi connectivity index (χ1) is 17.4. The lowest BCUT2D eigenvalue weighted by atomic mass is 9.95. The molecule has 2 fully saturated rings. The van der Waals surface area contributed by atoms with E-state index in [1.165, 1.54) is 18.5 Å². The largest absolute Gasteiger partial charge is 0.505 e. The monoisotopic (exact) mass is 499 g/mol. The molecule has 2 aromatic rings. The number of nitrogens with zero attached hydrogens (tertiary/aromatic N) is 4. The van der Waals surface area contributed by atoms with Crippen molar-refractivity contribution in [2.24, 2.45) is 0 Å². The molecule has 36 heavy (non-hydrogen) atoms. The second-order valence-electron chi connectivity index (χ2n) is 10.0. The number of phenolic OH excluding ortho intramolecular Hbond substituents is 1. The molecule has 1 aromatic heterocycles. The van der Waals surface area contributed by atoms with E-state index in [4.69, 9.17) is 4.74 Å². The molecule has 3 atom stereocenters. The van der Waals surface area contributed by atoms with E-state index in [1.54, 1.807) is 6.07 Å². The van der Waals surface area contributed by atoms with Crippen molar-refractivity contribution >= 4 is 11.7 Å². The fourth-order valence-electron chi connectivity index (χ4n) is 5.59. The summed E-state index contributed by atoms with van der Waals surface area (Å²) in [6, 6.07) is 4.45. The zero-order chi connectivity index (χ0) is 25.2. The molecule has 3 N–H and O–H groups in total. The maximum absolute atomic E-state index is 14.2. The third-order valence-corrected chi connectivity index (χ3v) is 7.67. The van der Waals surface area contributed by atoms with Gasteiger partial charge in [-0.05, 0) is 42.9 Å². The zero-order valence-corrected chi connectivity index (χ0v) is 20.6. The number of ether oxygens (including phenoxy) is 1. The fourth-order valence-corrected chi connectivity index (χ4v) is 5.59. The van der Waals surface area contributed by atoms with Crippen molar-refractivity contribution in [2.45, 2.75) is 50.2 Å². The third kappa shape index (κ3) is 5.02. The van der Waals surface area contributed by atoms with Crippen LogP contribution in [0.15, 0.2) is 24.5 Å². The maximum Gasteiger partial charge on any atom is 0.231 e. The highest BCUT2D eigenvalue weighted by molar-refractivity contribution is 5.84. The molecule has 9 nitrogen and oxygen atoms in total. The number of amides is 1. The highest BCUT2D eigenvalue weighted by Gasteiger charge is 2.35. The molecular formula is C26H34FN5O4. The second-order valence-corrected chi connectivity index (χ2v) is 10.0. The van der Waals surface area contributed by atoms with E-state index in [1.807, 2.05) is 4.90 Å². The van der Waals surface area contributed by atoms with Crippen LogP contribution in [0.25, 0.3) is 0 Å². The lowest BCUT2D eigenvalue weighted by molar-refractivity contribution is -0.133. The first-order valence-corrected chi connectivity index (χ1v) is 12.8. The first-order valence-electron chi connectivity index (χ1n) is 12.8. The second kappa shape index (κ2) is 10.7. The van der Waals surface area contributed by atoms with Crippen LogP contribution in [-0.4, -0.2) is 83.0 Å². The number of nitrogens with one attached hydrogen (secondary N) is 1. The maximum atomic E-state index is 14.2. The van der Waals surface area contributed by atoms with Crippen LogP contribution >= 0.6 is 0 Å². The number of carbonyl (C=O) groups is 1.